The van der Waals surface area contributed by atoms with Crippen molar-refractivity contribution >= 4 is 45.5 Å². The topological polar surface area (TPSA) is 72.8 Å². The summed E-state index contributed by atoms with van der Waals surface area (Å²) in [6.07, 6.45) is 2.93. The van der Waals surface area contributed by atoms with Crippen LogP contribution in [-0.2, 0) is 4.79 Å². The monoisotopic (exact) mass is 438 g/mol. The van der Waals surface area contributed by atoms with Gasteiger partial charge < -0.3 is 14.6 Å². The summed E-state index contributed by atoms with van der Waals surface area (Å²) in [4.78, 5) is 23.0. The minimum Gasteiger partial charge on any atom is -0.481 e. The molecule has 8 heteroatoms. The largest absolute Gasteiger partial charge is 0.481 e. The molecule has 2 aromatic rings. The first-order valence-corrected chi connectivity index (χ1v) is 9.17. The molecule has 0 aliphatic carbocycles. The molecule has 1 aliphatic rings. The van der Waals surface area contributed by atoms with Crippen molar-refractivity contribution in [1.82, 2.24) is 0 Å². The molecule has 0 fully saturated rings. The normalized spacial score (nSPS) is 12.5. The molecular weight excluding hydrogens is 427 g/mol. The lowest BCUT2D eigenvalue weighted by Crippen LogP contribution is -2.00. The molecule has 0 unspecified atom stereocenters. The van der Waals surface area contributed by atoms with Gasteiger partial charge in [0.05, 0.1) is 5.75 Å². The molecule has 0 amide bonds. The van der Waals surface area contributed by atoms with E-state index in [-0.39, 0.29) is 28.8 Å². The standard InChI is InChI=1S/C18H12BrFO5S/c19-12-7-16-15(24-9-25-16)6-10(12)1-3-14(21)11-2-4-17(13(20)5-11)26-8-18(22)23/h1-7H,8-9H2,(H,22,23)/b3-1+. The molecule has 0 bridgehead atoms. The molecule has 0 spiro atoms. The predicted molar refractivity (Wildman–Crippen MR) is 98.4 cm³/mol. The Kier molecular flexibility index (Phi) is 5.63. The van der Waals surface area contributed by atoms with E-state index in [0.717, 1.165) is 27.9 Å². The van der Waals surface area contributed by atoms with Crippen LogP contribution < -0.4 is 9.47 Å². The van der Waals surface area contributed by atoms with Crippen LogP contribution in [0, 0.1) is 5.82 Å². The zero-order chi connectivity index (χ0) is 18.7. The number of carboxylic acid groups (broad SMARTS) is 1. The fraction of sp³-hybridized carbons (Fsp3) is 0.111. The Morgan fingerprint density at radius 2 is 1.96 bits per heavy atom. The van der Waals surface area contributed by atoms with Gasteiger partial charge in [-0.25, -0.2) is 4.39 Å². The van der Waals surface area contributed by atoms with Crippen molar-refractivity contribution in [2.45, 2.75) is 4.90 Å². The van der Waals surface area contributed by atoms with Gasteiger partial charge in [0, 0.05) is 14.9 Å². The van der Waals surface area contributed by atoms with Gasteiger partial charge >= 0.3 is 5.97 Å². The summed E-state index contributed by atoms with van der Waals surface area (Å²) in [5.41, 5.74) is 0.895. The van der Waals surface area contributed by atoms with Gasteiger partial charge in [-0.15, -0.1) is 11.8 Å². The van der Waals surface area contributed by atoms with Crippen LogP contribution in [0.2, 0.25) is 0 Å². The molecule has 134 valence electrons. The van der Waals surface area contributed by atoms with Crippen LogP contribution in [0.4, 0.5) is 4.39 Å². The van der Waals surface area contributed by atoms with Gasteiger partial charge in [0.15, 0.2) is 17.3 Å². The summed E-state index contributed by atoms with van der Waals surface area (Å²) in [7, 11) is 0. The first kappa shape index (κ1) is 18.5. The zero-order valence-corrected chi connectivity index (χ0v) is 15.6. The summed E-state index contributed by atoms with van der Waals surface area (Å²) in [6.45, 7) is 0.152. The fourth-order valence-corrected chi connectivity index (χ4v) is 3.33. The number of ketones is 1. The highest BCUT2D eigenvalue weighted by Crippen LogP contribution is 2.37. The molecule has 26 heavy (non-hydrogen) atoms. The van der Waals surface area contributed by atoms with E-state index in [9.17, 15) is 14.0 Å². The lowest BCUT2D eigenvalue weighted by atomic mass is 10.1. The molecule has 0 aromatic heterocycles. The molecule has 5 nitrogen and oxygen atoms in total. The van der Waals surface area contributed by atoms with Crippen molar-refractivity contribution < 1.29 is 28.6 Å². The van der Waals surface area contributed by atoms with Crippen molar-refractivity contribution in [2.24, 2.45) is 0 Å². The molecule has 0 radical (unpaired) electrons. The second-order valence-electron chi connectivity index (χ2n) is 5.25. The maximum atomic E-state index is 14.0. The van der Waals surface area contributed by atoms with Gasteiger partial charge in [-0.05, 0) is 48.0 Å². The number of allylic oxidation sites excluding steroid dienone is 1. The van der Waals surface area contributed by atoms with Crippen molar-refractivity contribution in [2.75, 3.05) is 12.5 Å². The Morgan fingerprint density at radius 1 is 1.23 bits per heavy atom. The lowest BCUT2D eigenvalue weighted by molar-refractivity contribution is -0.133. The molecule has 0 atom stereocenters. The average Bonchev–Trinajstić information content (AvgIpc) is 3.05. The van der Waals surface area contributed by atoms with Crippen LogP contribution in [0.3, 0.4) is 0 Å². The van der Waals surface area contributed by atoms with Crippen LogP contribution in [-0.4, -0.2) is 29.4 Å². The Balaban J connectivity index is 1.75. The summed E-state index contributed by atoms with van der Waals surface area (Å²) in [6, 6.07) is 7.46. The number of thioether (sulfide) groups is 1. The van der Waals surface area contributed by atoms with Crippen molar-refractivity contribution in [3.63, 3.8) is 0 Å². The first-order valence-electron chi connectivity index (χ1n) is 7.40. The van der Waals surface area contributed by atoms with E-state index >= 15 is 0 Å². The minimum absolute atomic E-state index is 0.152. The van der Waals surface area contributed by atoms with Crippen LogP contribution in [0.5, 0.6) is 11.5 Å². The van der Waals surface area contributed by atoms with E-state index in [1.165, 1.54) is 18.2 Å². The SMILES string of the molecule is O=C(O)CSc1ccc(C(=O)/C=C/c2cc3c(cc2Br)OCO3)cc1F. The predicted octanol–water partition coefficient (Wildman–Crippen LogP) is 4.39. The van der Waals surface area contributed by atoms with Crippen molar-refractivity contribution in [1.29, 1.82) is 0 Å². The summed E-state index contributed by atoms with van der Waals surface area (Å²) < 4.78 is 25.3. The number of hydrogen-bond acceptors (Lipinski definition) is 5. The van der Waals surface area contributed by atoms with Gasteiger partial charge in [0.25, 0.3) is 0 Å². The van der Waals surface area contributed by atoms with E-state index in [0.29, 0.717) is 11.5 Å². The van der Waals surface area contributed by atoms with E-state index in [1.54, 1.807) is 18.2 Å². The molecule has 2 aromatic carbocycles. The third-order valence-corrected chi connectivity index (χ3v) is 5.19. The van der Waals surface area contributed by atoms with Crippen molar-refractivity contribution in [3.05, 3.63) is 57.8 Å². The fourth-order valence-electron chi connectivity index (χ4n) is 2.23. The zero-order valence-electron chi connectivity index (χ0n) is 13.2. The molecule has 1 heterocycles. The van der Waals surface area contributed by atoms with E-state index in [4.69, 9.17) is 14.6 Å². The highest BCUT2D eigenvalue weighted by molar-refractivity contribution is 9.10. The number of aliphatic carboxylic acids is 1. The number of carbonyl (C=O) groups is 2. The Hall–Kier alpha value is -2.32. The molecule has 1 N–H and O–H groups in total. The molecule has 3 rings (SSSR count). The lowest BCUT2D eigenvalue weighted by Gasteiger charge is -2.04. The minimum atomic E-state index is -1.04. The summed E-state index contributed by atoms with van der Waals surface area (Å²) in [5.74, 6) is -1.07. The molecule has 0 saturated carbocycles. The Morgan fingerprint density at radius 3 is 2.65 bits per heavy atom. The number of fused-ring (bicyclic) bond motifs is 1. The number of benzene rings is 2. The van der Waals surface area contributed by atoms with Crippen molar-refractivity contribution in [3.8, 4) is 11.5 Å². The number of rotatable bonds is 6. The van der Waals surface area contributed by atoms with E-state index < -0.39 is 11.8 Å². The maximum Gasteiger partial charge on any atom is 0.313 e. The van der Waals surface area contributed by atoms with Crippen LogP contribution in [0.1, 0.15) is 15.9 Å². The van der Waals surface area contributed by atoms with E-state index in [1.807, 2.05) is 0 Å². The van der Waals surface area contributed by atoms with Crippen LogP contribution in [0.25, 0.3) is 6.08 Å². The van der Waals surface area contributed by atoms with Gasteiger partial charge in [-0.2, -0.15) is 0 Å². The van der Waals surface area contributed by atoms with Crippen LogP contribution >= 0.6 is 27.7 Å². The smallest absolute Gasteiger partial charge is 0.313 e. The van der Waals surface area contributed by atoms with Gasteiger partial charge in [-0.1, -0.05) is 15.9 Å². The van der Waals surface area contributed by atoms with E-state index in [2.05, 4.69) is 15.9 Å². The van der Waals surface area contributed by atoms with Crippen LogP contribution in [0.15, 0.2) is 45.8 Å². The second-order valence-corrected chi connectivity index (χ2v) is 7.12. The summed E-state index contributed by atoms with van der Waals surface area (Å²) in [5, 5.41) is 8.64. The third kappa shape index (κ3) is 4.25. The van der Waals surface area contributed by atoms with Gasteiger partial charge in [0.2, 0.25) is 6.79 Å². The second kappa shape index (κ2) is 7.92. The summed E-state index contributed by atoms with van der Waals surface area (Å²) >= 11 is 4.26. The number of hydrogen-bond donors (Lipinski definition) is 1. The molecular formula is C18H12BrFO5S. The quantitative estimate of drug-likeness (QED) is 0.409. The number of carbonyl (C=O) groups excluding carboxylic acids is 1. The number of halogens is 2. The maximum absolute atomic E-state index is 14.0. The number of carboxylic acids is 1. The average molecular weight is 439 g/mol. The highest BCUT2D eigenvalue weighted by atomic mass is 79.9. The highest BCUT2D eigenvalue weighted by Gasteiger charge is 2.15. The first-order chi connectivity index (χ1) is 12.4. The Labute approximate surface area is 160 Å². The molecule has 0 saturated heterocycles. The Bertz CT molecular complexity index is 913. The van der Waals surface area contributed by atoms with Gasteiger partial charge in [-0.3, -0.25) is 9.59 Å². The number of ether oxygens (including phenoxy) is 2. The third-order valence-electron chi connectivity index (χ3n) is 3.47. The van der Waals surface area contributed by atoms with Gasteiger partial charge in [0.1, 0.15) is 5.82 Å². The molecule has 1 aliphatic heterocycles.